The summed E-state index contributed by atoms with van der Waals surface area (Å²) >= 11 is 6.58. The van der Waals surface area contributed by atoms with Crippen molar-refractivity contribution in [3.63, 3.8) is 0 Å². The minimum atomic E-state index is -4.51. The maximum Gasteiger partial charge on any atom is 0.417 e. The summed E-state index contributed by atoms with van der Waals surface area (Å²) in [6.07, 6.45) is -0.974. The first-order valence-electron chi connectivity index (χ1n) is 5.21. The molecule has 0 aliphatic rings. The van der Waals surface area contributed by atoms with E-state index in [0.29, 0.717) is 6.20 Å². The summed E-state index contributed by atoms with van der Waals surface area (Å²) in [4.78, 5) is 19.2. The van der Waals surface area contributed by atoms with Gasteiger partial charge in [-0.3, -0.25) is 4.79 Å². The lowest BCUT2D eigenvalue weighted by Gasteiger charge is -2.08. The number of halogens is 4. The van der Waals surface area contributed by atoms with Gasteiger partial charge in [0.15, 0.2) is 5.03 Å². The molecule has 0 saturated carbocycles. The van der Waals surface area contributed by atoms with Crippen LogP contribution < -0.4 is 5.56 Å². The molecule has 9 heteroatoms. The Kier molecular flexibility index (Phi) is 4.05. The van der Waals surface area contributed by atoms with E-state index < -0.39 is 11.7 Å². The predicted octanol–water partition coefficient (Wildman–Crippen LogP) is 3.00. The normalized spacial score (nSPS) is 11.7. The van der Waals surface area contributed by atoms with Crippen molar-refractivity contribution in [1.29, 1.82) is 0 Å². The number of rotatable bonds is 2. The summed E-state index contributed by atoms with van der Waals surface area (Å²) in [7, 11) is 1.54. The van der Waals surface area contributed by atoms with Crippen molar-refractivity contribution in [3.8, 4) is 0 Å². The first kappa shape index (κ1) is 14.9. The minimum absolute atomic E-state index is 0.0872. The lowest BCUT2D eigenvalue weighted by molar-refractivity contribution is -0.137. The topological polar surface area (TPSA) is 47.8 Å². The van der Waals surface area contributed by atoms with E-state index in [9.17, 15) is 18.0 Å². The van der Waals surface area contributed by atoms with Crippen LogP contribution in [0.25, 0.3) is 0 Å². The van der Waals surface area contributed by atoms with E-state index in [1.54, 1.807) is 0 Å². The number of nitrogens with zero attached hydrogens (tertiary/aromatic N) is 3. The second-order valence-corrected chi connectivity index (χ2v) is 5.14. The van der Waals surface area contributed by atoms with E-state index in [2.05, 4.69) is 9.97 Å². The number of alkyl halides is 3. The fourth-order valence-electron chi connectivity index (χ4n) is 1.29. The molecule has 20 heavy (non-hydrogen) atoms. The monoisotopic (exact) mass is 321 g/mol. The number of pyridine rings is 1. The summed E-state index contributed by atoms with van der Waals surface area (Å²) in [5.41, 5.74) is -1.32. The lowest BCUT2D eigenvalue weighted by atomic mass is 10.3. The van der Waals surface area contributed by atoms with Gasteiger partial charge >= 0.3 is 6.18 Å². The molecule has 0 aromatic carbocycles. The van der Waals surface area contributed by atoms with Crippen LogP contribution in [0.15, 0.2) is 39.5 Å². The van der Waals surface area contributed by atoms with Crippen molar-refractivity contribution in [2.75, 3.05) is 0 Å². The molecule has 4 nitrogen and oxygen atoms in total. The third-order valence-corrected chi connectivity index (χ3v) is 3.71. The quantitative estimate of drug-likeness (QED) is 0.853. The van der Waals surface area contributed by atoms with Crippen LogP contribution in [-0.4, -0.2) is 14.5 Å². The Morgan fingerprint density at radius 1 is 1.30 bits per heavy atom. The molecule has 0 unspecified atom stereocenters. The highest BCUT2D eigenvalue weighted by molar-refractivity contribution is 7.99. The Labute approximate surface area is 120 Å². The summed E-state index contributed by atoms with van der Waals surface area (Å²) in [5.74, 6) is 0. The van der Waals surface area contributed by atoms with Gasteiger partial charge < -0.3 is 4.57 Å². The second-order valence-electron chi connectivity index (χ2n) is 3.76. The molecule has 106 valence electrons. The van der Waals surface area contributed by atoms with Gasteiger partial charge in [0.1, 0.15) is 5.03 Å². The molecule has 0 fully saturated rings. The number of hydrogen-bond donors (Lipinski definition) is 0. The zero-order valence-electron chi connectivity index (χ0n) is 9.98. The second kappa shape index (κ2) is 5.45. The molecule has 0 spiro atoms. The maximum absolute atomic E-state index is 12.5. The van der Waals surface area contributed by atoms with Crippen LogP contribution in [-0.2, 0) is 13.2 Å². The highest BCUT2D eigenvalue weighted by atomic mass is 35.5. The van der Waals surface area contributed by atoms with Crippen LogP contribution in [0.4, 0.5) is 13.2 Å². The van der Waals surface area contributed by atoms with Crippen LogP contribution in [0, 0.1) is 0 Å². The fourth-order valence-corrected chi connectivity index (χ4v) is 2.36. The highest BCUT2D eigenvalue weighted by Crippen LogP contribution is 2.34. The molecule has 0 N–H and O–H groups in total. The molecular weight excluding hydrogens is 315 g/mol. The van der Waals surface area contributed by atoms with E-state index >= 15 is 0 Å². The van der Waals surface area contributed by atoms with Crippen LogP contribution >= 0.6 is 23.4 Å². The van der Waals surface area contributed by atoms with E-state index in [0.717, 1.165) is 17.8 Å². The van der Waals surface area contributed by atoms with Gasteiger partial charge in [-0.2, -0.15) is 13.2 Å². The fraction of sp³-hybridized carbons (Fsp3) is 0.182. The van der Waals surface area contributed by atoms with Gasteiger partial charge in [0.05, 0.1) is 10.6 Å². The molecule has 2 heterocycles. The highest BCUT2D eigenvalue weighted by Gasteiger charge is 2.31. The van der Waals surface area contributed by atoms with Gasteiger partial charge in [0, 0.05) is 25.6 Å². The molecule has 2 aromatic heterocycles. The third kappa shape index (κ3) is 3.13. The summed E-state index contributed by atoms with van der Waals surface area (Å²) in [6.45, 7) is 0. The standard InChI is InChI=1S/C11H7ClF3N3OS/c1-18-3-2-16-9(10(18)19)20-8-7(12)4-6(5-17-8)11(13,14)15/h2-5H,1H3. The molecule has 0 radical (unpaired) electrons. The van der Waals surface area contributed by atoms with E-state index in [1.165, 1.54) is 24.0 Å². The zero-order chi connectivity index (χ0) is 14.9. The predicted molar refractivity (Wildman–Crippen MR) is 67.9 cm³/mol. The van der Waals surface area contributed by atoms with Crippen molar-refractivity contribution in [2.45, 2.75) is 16.2 Å². The van der Waals surface area contributed by atoms with Gasteiger partial charge in [-0.25, -0.2) is 9.97 Å². The summed E-state index contributed by atoms with van der Waals surface area (Å²) in [6, 6.07) is 0.768. The van der Waals surface area contributed by atoms with E-state index in [-0.39, 0.29) is 20.6 Å². The summed E-state index contributed by atoms with van der Waals surface area (Å²) < 4.78 is 38.7. The average molecular weight is 322 g/mol. The zero-order valence-corrected chi connectivity index (χ0v) is 11.6. The first-order valence-corrected chi connectivity index (χ1v) is 6.40. The Morgan fingerprint density at radius 2 is 2.00 bits per heavy atom. The minimum Gasteiger partial charge on any atom is -0.315 e. The average Bonchev–Trinajstić information content (AvgIpc) is 2.36. The SMILES string of the molecule is Cn1ccnc(Sc2ncc(C(F)(F)F)cc2Cl)c1=O. The van der Waals surface area contributed by atoms with Crippen molar-refractivity contribution >= 4 is 23.4 Å². The Bertz CT molecular complexity index is 702. The first-order chi connectivity index (χ1) is 9.29. The largest absolute Gasteiger partial charge is 0.417 e. The molecule has 0 saturated heterocycles. The van der Waals surface area contributed by atoms with Gasteiger partial charge in [0.25, 0.3) is 5.56 Å². The molecule has 2 aromatic rings. The number of aromatic nitrogens is 3. The molecule has 0 bridgehead atoms. The van der Waals surface area contributed by atoms with E-state index in [1.807, 2.05) is 0 Å². The van der Waals surface area contributed by atoms with Crippen molar-refractivity contribution in [2.24, 2.45) is 7.05 Å². The van der Waals surface area contributed by atoms with Gasteiger partial charge in [-0.15, -0.1) is 0 Å². The molecule has 0 amide bonds. The van der Waals surface area contributed by atoms with E-state index in [4.69, 9.17) is 11.6 Å². The van der Waals surface area contributed by atoms with Crippen LogP contribution in [0.3, 0.4) is 0 Å². The van der Waals surface area contributed by atoms with Crippen LogP contribution in [0.2, 0.25) is 5.02 Å². The molecule has 0 atom stereocenters. The molecule has 2 rings (SSSR count). The van der Waals surface area contributed by atoms with Gasteiger partial charge in [-0.1, -0.05) is 11.6 Å². The Hall–Kier alpha value is -1.54. The van der Waals surface area contributed by atoms with Crippen molar-refractivity contribution in [1.82, 2.24) is 14.5 Å². The van der Waals surface area contributed by atoms with Crippen LogP contribution in [0.1, 0.15) is 5.56 Å². The molecule has 0 aliphatic carbocycles. The van der Waals surface area contributed by atoms with Gasteiger partial charge in [-0.05, 0) is 17.8 Å². The van der Waals surface area contributed by atoms with Crippen LogP contribution in [0.5, 0.6) is 0 Å². The van der Waals surface area contributed by atoms with Crippen molar-refractivity contribution in [3.05, 3.63) is 45.6 Å². The lowest BCUT2D eigenvalue weighted by Crippen LogP contribution is -2.18. The number of hydrogen-bond acceptors (Lipinski definition) is 4. The summed E-state index contributed by atoms with van der Waals surface area (Å²) in [5, 5.41) is -0.00263. The maximum atomic E-state index is 12.5. The Morgan fingerprint density at radius 3 is 2.60 bits per heavy atom. The third-order valence-electron chi connectivity index (χ3n) is 2.31. The van der Waals surface area contributed by atoms with Crippen molar-refractivity contribution < 1.29 is 13.2 Å². The smallest absolute Gasteiger partial charge is 0.315 e. The molecule has 0 aliphatic heterocycles. The molecular formula is C11H7ClF3N3OS. The Balaban J connectivity index is 2.36. The number of aryl methyl sites for hydroxylation is 1. The van der Waals surface area contributed by atoms with Gasteiger partial charge in [0.2, 0.25) is 0 Å².